The van der Waals surface area contributed by atoms with Crippen LogP contribution in [-0.2, 0) is 10.0 Å². The molecule has 16 heavy (non-hydrogen) atoms. The summed E-state index contributed by atoms with van der Waals surface area (Å²) in [5.41, 5.74) is 0. The average molecular weight is 247 g/mol. The van der Waals surface area contributed by atoms with Crippen LogP contribution in [0.4, 0.5) is 0 Å². The fourth-order valence-corrected chi connectivity index (χ4v) is 4.31. The monoisotopic (exact) mass is 247 g/mol. The number of hydrogen-bond donors (Lipinski definition) is 0. The molecule has 1 atom stereocenters. The zero-order valence-corrected chi connectivity index (χ0v) is 11.8. The Morgan fingerprint density at radius 2 is 1.81 bits per heavy atom. The van der Waals surface area contributed by atoms with Crippen LogP contribution in [0.15, 0.2) is 0 Å². The van der Waals surface area contributed by atoms with Gasteiger partial charge >= 0.3 is 0 Å². The molecule has 0 aromatic rings. The predicted octanol–water partition coefficient (Wildman–Crippen LogP) is 2.34. The molecular formula is C12H25NO2S. The second-order valence-electron chi connectivity index (χ2n) is 5.21. The highest BCUT2D eigenvalue weighted by Crippen LogP contribution is 2.33. The maximum atomic E-state index is 11.8. The molecule has 96 valence electrons. The van der Waals surface area contributed by atoms with E-state index in [1.807, 2.05) is 6.92 Å². The molecule has 0 N–H and O–H groups in total. The van der Waals surface area contributed by atoms with Crippen LogP contribution < -0.4 is 0 Å². The first-order valence-corrected chi connectivity index (χ1v) is 8.01. The van der Waals surface area contributed by atoms with Gasteiger partial charge in [-0.1, -0.05) is 34.1 Å². The highest BCUT2D eigenvalue weighted by molar-refractivity contribution is 7.89. The maximum Gasteiger partial charge on any atom is 0.214 e. The van der Waals surface area contributed by atoms with Crippen LogP contribution in [-0.4, -0.2) is 31.6 Å². The van der Waals surface area contributed by atoms with Crippen LogP contribution >= 0.6 is 0 Å². The van der Waals surface area contributed by atoms with E-state index in [2.05, 4.69) is 20.8 Å². The fourth-order valence-electron chi connectivity index (χ4n) is 2.70. The normalized spacial score (nSPS) is 21.1. The Labute approximate surface area is 100 Å². The quantitative estimate of drug-likeness (QED) is 0.722. The summed E-state index contributed by atoms with van der Waals surface area (Å²) in [6.07, 6.45) is 1.87. The van der Waals surface area contributed by atoms with Gasteiger partial charge in [-0.15, -0.1) is 0 Å². The Morgan fingerprint density at radius 1 is 1.25 bits per heavy atom. The molecule has 1 fully saturated rings. The van der Waals surface area contributed by atoms with Crippen LogP contribution in [0.3, 0.4) is 0 Å². The Morgan fingerprint density at radius 3 is 2.19 bits per heavy atom. The van der Waals surface area contributed by atoms with E-state index in [0.717, 1.165) is 19.5 Å². The van der Waals surface area contributed by atoms with E-state index in [4.69, 9.17) is 0 Å². The fraction of sp³-hybridized carbons (Fsp3) is 1.00. The summed E-state index contributed by atoms with van der Waals surface area (Å²) in [6, 6.07) is 0. The molecule has 1 rings (SSSR count). The Bertz CT molecular complexity index is 305. The summed E-state index contributed by atoms with van der Waals surface area (Å²) < 4.78 is 25.2. The van der Waals surface area contributed by atoms with Crippen molar-refractivity contribution in [1.29, 1.82) is 0 Å². The van der Waals surface area contributed by atoms with E-state index in [1.165, 1.54) is 0 Å². The van der Waals surface area contributed by atoms with Gasteiger partial charge < -0.3 is 0 Å². The molecule has 0 aromatic heterocycles. The van der Waals surface area contributed by atoms with Gasteiger partial charge in [0.15, 0.2) is 0 Å². The lowest BCUT2D eigenvalue weighted by Crippen LogP contribution is -2.53. The van der Waals surface area contributed by atoms with Crippen LogP contribution in [0.2, 0.25) is 0 Å². The molecule has 1 unspecified atom stereocenters. The van der Waals surface area contributed by atoms with Crippen molar-refractivity contribution in [3.05, 3.63) is 0 Å². The molecule has 0 bridgehead atoms. The third-order valence-electron chi connectivity index (χ3n) is 3.66. The molecule has 0 saturated carbocycles. The first kappa shape index (κ1) is 14.0. The largest absolute Gasteiger partial charge is 0.214 e. The summed E-state index contributed by atoms with van der Waals surface area (Å²) in [5, 5.41) is 0. The van der Waals surface area contributed by atoms with Gasteiger partial charge in [-0.05, 0) is 24.2 Å². The molecule has 4 heteroatoms. The third kappa shape index (κ3) is 2.98. The maximum absolute atomic E-state index is 11.8. The summed E-state index contributed by atoms with van der Waals surface area (Å²) >= 11 is 0. The smallest absolute Gasteiger partial charge is 0.212 e. The van der Waals surface area contributed by atoms with Gasteiger partial charge in [-0.3, -0.25) is 0 Å². The molecule has 1 heterocycles. The third-order valence-corrected chi connectivity index (χ3v) is 5.67. The summed E-state index contributed by atoms with van der Waals surface area (Å²) in [5.74, 6) is 2.22. The molecule has 0 aliphatic carbocycles. The Balaban J connectivity index is 2.49. The summed E-state index contributed by atoms with van der Waals surface area (Å²) in [7, 11) is -2.94. The number of hydrogen-bond acceptors (Lipinski definition) is 2. The van der Waals surface area contributed by atoms with Gasteiger partial charge in [0.1, 0.15) is 0 Å². The van der Waals surface area contributed by atoms with Crippen molar-refractivity contribution in [2.45, 2.75) is 40.5 Å². The van der Waals surface area contributed by atoms with E-state index in [0.29, 0.717) is 29.9 Å². The van der Waals surface area contributed by atoms with Gasteiger partial charge in [0.2, 0.25) is 10.0 Å². The standard InChI is InChI=1S/C12H25NO2S/c1-5-7-16(14,15)13-8-11(9-13)12(6-2)10(3)4/h10-12H,5-9H2,1-4H3. The molecule has 1 aliphatic rings. The van der Waals surface area contributed by atoms with E-state index >= 15 is 0 Å². The van der Waals surface area contributed by atoms with Crippen LogP contribution in [0.5, 0.6) is 0 Å². The van der Waals surface area contributed by atoms with Crippen molar-refractivity contribution in [3.63, 3.8) is 0 Å². The SMILES string of the molecule is CCCS(=O)(=O)N1CC(C(CC)C(C)C)C1. The van der Waals surface area contributed by atoms with Gasteiger partial charge in [0.25, 0.3) is 0 Å². The molecule has 0 aromatic carbocycles. The van der Waals surface area contributed by atoms with Crippen LogP contribution in [0, 0.1) is 17.8 Å². The lowest BCUT2D eigenvalue weighted by molar-refractivity contribution is 0.103. The van der Waals surface area contributed by atoms with Crippen molar-refractivity contribution < 1.29 is 8.42 Å². The Kier molecular flexibility index (Phi) is 4.80. The predicted molar refractivity (Wildman–Crippen MR) is 67.8 cm³/mol. The molecule has 0 spiro atoms. The topological polar surface area (TPSA) is 37.4 Å². The van der Waals surface area contributed by atoms with Crippen LogP contribution in [0.25, 0.3) is 0 Å². The lowest BCUT2D eigenvalue weighted by Gasteiger charge is -2.43. The molecule has 0 amide bonds. The van der Waals surface area contributed by atoms with Gasteiger partial charge in [0.05, 0.1) is 5.75 Å². The highest BCUT2D eigenvalue weighted by atomic mass is 32.2. The van der Waals surface area contributed by atoms with Crippen LogP contribution in [0.1, 0.15) is 40.5 Å². The van der Waals surface area contributed by atoms with E-state index in [9.17, 15) is 8.42 Å². The summed E-state index contributed by atoms with van der Waals surface area (Å²) in [6.45, 7) is 10.1. The van der Waals surface area contributed by atoms with Crippen molar-refractivity contribution >= 4 is 10.0 Å². The number of nitrogens with zero attached hydrogens (tertiary/aromatic N) is 1. The van der Waals surface area contributed by atoms with Crippen molar-refractivity contribution in [1.82, 2.24) is 4.31 Å². The molecule has 3 nitrogen and oxygen atoms in total. The minimum absolute atomic E-state index is 0.304. The molecule has 0 radical (unpaired) electrons. The number of sulfonamides is 1. The first-order chi connectivity index (χ1) is 7.42. The minimum atomic E-state index is -2.94. The van der Waals surface area contributed by atoms with E-state index in [-0.39, 0.29) is 0 Å². The first-order valence-electron chi connectivity index (χ1n) is 6.40. The zero-order valence-electron chi connectivity index (χ0n) is 10.9. The zero-order chi connectivity index (χ0) is 12.3. The van der Waals surface area contributed by atoms with E-state index < -0.39 is 10.0 Å². The average Bonchev–Trinajstić information content (AvgIpc) is 2.08. The van der Waals surface area contributed by atoms with Crippen molar-refractivity contribution in [2.75, 3.05) is 18.8 Å². The molecule has 1 aliphatic heterocycles. The van der Waals surface area contributed by atoms with Crippen molar-refractivity contribution in [2.24, 2.45) is 17.8 Å². The molecule has 1 saturated heterocycles. The Hall–Kier alpha value is -0.0900. The van der Waals surface area contributed by atoms with Gasteiger partial charge in [-0.2, -0.15) is 0 Å². The number of rotatable bonds is 6. The van der Waals surface area contributed by atoms with Gasteiger partial charge in [-0.25, -0.2) is 12.7 Å². The highest BCUT2D eigenvalue weighted by Gasteiger charge is 2.39. The van der Waals surface area contributed by atoms with E-state index in [1.54, 1.807) is 4.31 Å². The second kappa shape index (κ2) is 5.50. The van der Waals surface area contributed by atoms with Gasteiger partial charge in [0, 0.05) is 13.1 Å². The minimum Gasteiger partial charge on any atom is -0.212 e. The second-order valence-corrected chi connectivity index (χ2v) is 7.30. The van der Waals surface area contributed by atoms with Crippen molar-refractivity contribution in [3.8, 4) is 0 Å². The summed E-state index contributed by atoms with van der Waals surface area (Å²) in [4.78, 5) is 0. The molecular weight excluding hydrogens is 222 g/mol. The lowest BCUT2D eigenvalue weighted by atomic mass is 9.78.